The van der Waals surface area contributed by atoms with E-state index in [4.69, 9.17) is 5.26 Å². The number of nitrogens with zero attached hydrogens (tertiary/aromatic N) is 4. The smallest absolute Gasteiger partial charge is 0.266 e. The molecule has 0 spiro atoms. The Morgan fingerprint density at radius 1 is 1.32 bits per heavy atom. The fourth-order valence-electron chi connectivity index (χ4n) is 1.97. The van der Waals surface area contributed by atoms with E-state index in [-0.39, 0.29) is 11.3 Å². The maximum atomic E-state index is 12.1. The van der Waals surface area contributed by atoms with Crippen LogP contribution in [0.15, 0.2) is 40.2 Å². The molecule has 0 N–H and O–H groups in total. The summed E-state index contributed by atoms with van der Waals surface area (Å²) in [7, 11) is 0. The highest BCUT2D eigenvalue weighted by Crippen LogP contribution is 2.11. The van der Waals surface area contributed by atoms with Gasteiger partial charge >= 0.3 is 0 Å². The third-order valence-corrected chi connectivity index (χ3v) is 3.10. The van der Waals surface area contributed by atoms with Crippen LogP contribution in [-0.2, 0) is 0 Å². The van der Waals surface area contributed by atoms with Crippen LogP contribution >= 0.6 is 0 Å². The fourth-order valence-corrected chi connectivity index (χ4v) is 1.97. The van der Waals surface area contributed by atoms with E-state index < -0.39 is 10.5 Å². The van der Waals surface area contributed by atoms with Crippen LogP contribution in [0.4, 0.5) is 5.69 Å². The topological polar surface area (TPSA) is 101 Å². The van der Waals surface area contributed by atoms with Gasteiger partial charge in [-0.15, -0.1) is 0 Å². The molecule has 7 nitrogen and oxygen atoms in total. The second kappa shape index (κ2) is 6.01. The molecule has 110 valence electrons. The normalized spacial score (nSPS) is 10.6. The van der Waals surface area contributed by atoms with E-state index >= 15 is 0 Å². The van der Waals surface area contributed by atoms with Crippen molar-refractivity contribution in [2.45, 2.75) is 13.8 Å². The van der Waals surface area contributed by atoms with Gasteiger partial charge in [0.15, 0.2) is 0 Å². The summed E-state index contributed by atoms with van der Waals surface area (Å²) < 4.78 is 1.13. The molecular formula is C15H12N4O3. The van der Waals surface area contributed by atoms with Crippen molar-refractivity contribution in [3.05, 3.63) is 73.2 Å². The molecule has 0 amide bonds. The Morgan fingerprint density at radius 3 is 2.50 bits per heavy atom. The number of nitro benzene ring substituents is 1. The van der Waals surface area contributed by atoms with Crippen LogP contribution in [0.2, 0.25) is 0 Å². The second-order valence-electron chi connectivity index (χ2n) is 4.67. The van der Waals surface area contributed by atoms with Gasteiger partial charge < -0.3 is 0 Å². The van der Waals surface area contributed by atoms with E-state index in [2.05, 4.69) is 5.10 Å². The van der Waals surface area contributed by atoms with E-state index in [9.17, 15) is 14.9 Å². The first-order valence-electron chi connectivity index (χ1n) is 6.36. The van der Waals surface area contributed by atoms with Crippen molar-refractivity contribution in [1.29, 1.82) is 5.26 Å². The first-order valence-corrected chi connectivity index (χ1v) is 6.36. The van der Waals surface area contributed by atoms with Crippen LogP contribution < -0.4 is 5.56 Å². The Morgan fingerprint density at radius 2 is 1.95 bits per heavy atom. The summed E-state index contributed by atoms with van der Waals surface area (Å²) in [6.45, 7) is 3.40. The molecule has 0 radical (unpaired) electrons. The summed E-state index contributed by atoms with van der Waals surface area (Å²) in [4.78, 5) is 22.2. The van der Waals surface area contributed by atoms with Gasteiger partial charge in [-0.25, -0.2) is 4.68 Å². The third-order valence-electron chi connectivity index (χ3n) is 3.10. The predicted octanol–water partition coefficient (Wildman–Crippen LogP) is 2.13. The lowest BCUT2D eigenvalue weighted by atomic mass is 10.1. The van der Waals surface area contributed by atoms with Gasteiger partial charge in [-0.2, -0.15) is 10.4 Å². The molecule has 0 saturated heterocycles. The lowest BCUT2D eigenvalue weighted by Gasteiger charge is -2.06. The van der Waals surface area contributed by atoms with Crippen LogP contribution in [0.5, 0.6) is 0 Å². The number of nitriles is 1. The minimum absolute atomic E-state index is 0.0207. The molecule has 0 unspecified atom stereocenters. The highest BCUT2D eigenvalue weighted by atomic mass is 16.6. The van der Waals surface area contributed by atoms with Gasteiger partial charge in [-0.05, 0) is 43.2 Å². The van der Waals surface area contributed by atoms with Crippen molar-refractivity contribution in [3.8, 4) is 6.07 Å². The molecule has 0 aliphatic rings. The van der Waals surface area contributed by atoms with Crippen LogP contribution in [-0.4, -0.2) is 15.8 Å². The number of hydrogen-bond acceptors (Lipinski definition) is 5. The molecule has 0 fully saturated rings. The number of aryl methyl sites for hydroxylation is 2. The van der Waals surface area contributed by atoms with Gasteiger partial charge in [-0.3, -0.25) is 14.9 Å². The first kappa shape index (κ1) is 15.1. The van der Waals surface area contributed by atoms with Gasteiger partial charge in [-0.1, -0.05) is 0 Å². The Hall–Kier alpha value is -3.27. The molecule has 22 heavy (non-hydrogen) atoms. The standard InChI is InChI=1S/C15H12N4O3/c1-10-7-11(2)18(15(20)14(10)8-16)17-9-12-3-5-13(6-4-12)19(21)22/h3-7,9H,1-2H3. The first-order chi connectivity index (χ1) is 10.4. The lowest BCUT2D eigenvalue weighted by Crippen LogP contribution is -2.22. The number of pyridine rings is 1. The molecule has 0 saturated carbocycles. The zero-order valence-electron chi connectivity index (χ0n) is 12.0. The molecule has 0 atom stereocenters. The van der Waals surface area contributed by atoms with Crippen molar-refractivity contribution in [2.75, 3.05) is 0 Å². The molecule has 0 aliphatic carbocycles. The van der Waals surface area contributed by atoms with Crippen LogP contribution in [0.1, 0.15) is 22.4 Å². The zero-order chi connectivity index (χ0) is 16.3. The summed E-state index contributed by atoms with van der Waals surface area (Å²) >= 11 is 0. The van der Waals surface area contributed by atoms with Crippen LogP contribution in [0.3, 0.4) is 0 Å². The highest BCUT2D eigenvalue weighted by Gasteiger charge is 2.09. The Bertz CT molecular complexity index is 858. The van der Waals surface area contributed by atoms with E-state index in [1.165, 1.54) is 30.5 Å². The summed E-state index contributed by atoms with van der Waals surface area (Å²) in [6, 6.07) is 9.33. The van der Waals surface area contributed by atoms with Crippen molar-refractivity contribution in [2.24, 2.45) is 5.10 Å². The third kappa shape index (κ3) is 2.91. The summed E-state index contributed by atoms with van der Waals surface area (Å²) in [5, 5.41) is 23.6. The van der Waals surface area contributed by atoms with Gasteiger partial charge in [0.2, 0.25) is 0 Å². The Kier molecular flexibility index (Phi) is 4.13. The number of rotatable bonds is 3. The van der Waals surface area contributed by atoms with Gasteiger partial charge in [0.05, 0.1) is 11.1 Å². The number of aromatic nitrogens is 1. The van der Waals surface area contributed by atoms with Gasteiger partial charge in [0, 0.05) is 17.8 Å². The zero-order valence-corrected chi connectivity index (χ0v) is 12.0. The van der Waals surface area contributed by atoms with Crippen molar-refractivity contribution >= 4 is 11.9 Å². The molecular weight excluding hydrogens is 284 g/mol. The number of nitro groups is 1. The maximum Gasteiger partial charge on any atom is 0.289 e. The molecule has 1 aromatic heterocycles. The summed E-state index contributed by atoms with van der Waals surface area (Å²) in [6.07, 6.45) is 1.41. The molecule has 1 aromatic carbocycles. The number of non-ortho nitro benzene ring substituents is 1. The largest absolute Gasteiger partial charge is 0.289 e. The van der Waals surface area contributed by atoms with Crippen LogP contribution in [0.25, 0.3) is 0 Å². The number of benzene rings is 1. The number of hydrogen-bond donors (Lipinski definition) is 0. The second-order valence-corrected chi connectivity index (χ2v) is 4.67. The van der Waals surface area contributed by atoms with E-state index in [1.807, 2.05) is 6.07 Å². The average Bonchev–Trinajstić information content (AvgIpc) is 2.47. The summed E-state index contributed by atoms with van der Waals surface area (Å²) in [5.41, 5.74) is 1.35. The molecule has 0 bridgehead atoms. The monoisotopic (exact) mass is 296 g/mol. The minimum atomic E-state index is -0.491. The molecule has 2 aromatic rings. The fraction of sp³-hybridized carbons (Fsp3) is 0.133. The Labute approximate surface area is 125 Å². The molecule has 7 heteroatoms. The maximum absolute atomic E-state index is 12.1. The average molecular weight is 296 g/mol. The minimum Gasteiger partial charge on any atom is -0.266 e. The Balaban J connectivity index is 2.41. The van der Waals surface area contributed by atoms with Crippen molar-refractivity contribution in [1.82, 2.24) is 4.68 Å². The van der Waals surface area contributed by atoms with Crippen molar-refractivity contribution < 1.29 is 4.92 Å². The highest BCUT2D eigenvalue weighted by molar-refractivity contribution is 5.79. The quantitative estimate of drug-likeness (QED) is 0.491. The lowest BCUT2D eigenvalue weighted by molar-refractivity contribution is -0.384. The van der Waals surface area contributed by atoms with Crippen molar-refractivity contribution in [3.63, 3.8) is 0 Å². The van der Waals surface area contributed by atoms with E-state index in [0.717, 1.165) is 4.68 Å². The van der Waals surface area contributed by atoms with Gasteiger partial charge in [0.1, 0.15) is 11.6 Å². The van der Waals surface area contributed by atoms with E-state index in [0.29, 0.717) is 16.8 Å². The summed E-state index contributed by atoms with van der Waals surface area (Å²) in [5.74, 6) is 0. The predicted molar refractivity (Wildman–Crippen MR) is 81.0 cm³/mol. The van der Waals surface area contributed by atoms with Crippen LogP contribution in [0, 0.1) is 35.3 Å². The SMILES string of the molecule is Cc1cc(C)n(N=Cc2ccc([N+](=O)[O-])cc2)c(=O)c1C#N. The molecule has 1 heterocycles. The molecule has 0 aliphatic heterocycles. The molecule has 2 rings (SSSR count). The van der Waals surface area contributed by atoms with Gasteiger partial charge in [0.25, 0.3) is 11.2 Å². The van der Waals surface area contributed by atoms with E-state index in [1.54, 1.807) is 19.9 Å².